The van der Waals surface area contributed by atoms with Gasteiger partial charge in [-0.25, -0.2) is 0 Å². The zero-order valence-electron chi connectivity index (χ0n) is 18.5. The average molecular weight is 512 g/mol. The molecule has 0 spiro atoms. The van der Waals surface area contributed by atoms with E-state index >= 15 is 0 Å². The quantitative estimate of drug-likeness (QED) is 0.492. The van der Waals surface area contributed by atoms with Crippen LogP contribution in [-0.2, 0) is 28.7 Å². The molecule has 6 nitrogen and oxygen atoms in total. The van der Waals surface area contributed by atoms with E-state index in [9.17, 15) is 0 Å². The van der Waals surface area contributed by atoms with Crippen LogP contribution in [0.25, 0.3) is 10.9 Å². The predicted octanol–water partition coefficient (Wildman–Crippen LogP) is 5.06. The molecule has 1 aliphatic carbocycles. The number of halogens is 1. The summed E-state index contributed by atoms with van der Waals surface area (Å²) in [6.45, 7) is 0.937. The molecular weight excluding hydrogens is 486 g/mol. The number of benzene rings is 1. The van der Waals surface area contributed by atoms with Gasteiger partial charge in [0, 0.05) is 72.2 Å². The Kier molecular flexibility index (Phi) is 4.81. The van der Waals surface area contributed by atoms with Crippen molar-refractivity contribution in [2.75, 3.05) is 26.6 Å². The lowest BCUT2D eigenvalue weighted by atomic mass is 9.67. The Hall–Kier alpha value is -1.74. The maximum Gasteiger partial charge on any atom is 0.159 e. The number of aryl methyl sites for hydroxylation is 1. The van der Waals surface area contributed by atoms with E-state index in [0.29, 0.717) is 5.88 Å². The molecule has 166 valence electrons. The van der Waals surface area contributed by atoms with E-state index < -0.39 is 10.5 Å². The van der Waals surface area contributed by atoms with Crippen molar-refractivity contribution in [3.05, 3.63) is 64.0 Å². The lowest BCUT2D eigenvalue weighted by Gasteiger charge is -2.55. The molecule has 0 radical (unpaired) electrons. The minimum absolute atomic E-state index is 0.233. The zero-order valence-corrected chi connectivity index (χ0v) is 20.9. The first-order valence-electron chi connectivity index (χ1n) is 10.9. The van der Waals surface area contributed by atoms with E-state index in [0.717, 1.165) is 29.4 Å². The number of hydrogen-bond acceptors (Lipinski definition) is 6. The number of pyridine rings is 1. The highest BCUT2D eigenvalue weighted by molar-refractivity contribution is 9.10. The smallest absolute Gasteiger partial charge is 0.159 e. The topological polar surface area (TPSA) is 55.0 Å². The molecule has 4 atom stereocenters. The molecule has 1 unspecified atom stereocenters. The lowest BCUT2D eigenvalue weighted by molar-refractivity contribution is -0.130. The van der Waals surface area contributed by atoms with E-state index in [1.54, 1.807) is 0 Å². The van der Waals surface area contributed by atoms with Crippen LogP contribution in [0.4, 0.5) is 0 Å². The molecule has 0 N–H and O–H groups in total. The maximum absolute atomic E-state index is 6.55. The first-order chi connectivity index (χ1) is 15.5. The Bertz CT molecular complexity index is 1240. The highest BCUT2D eigenvalue weighted by Crippen LogP contribution is 2.57. The van der Waals surface area contributed by atoms with Gasteiger partial charge in [-0.05, 0) is 59.1 Å². The Labute approximate surface area is 200 Å². The SMILES string of the molecule is CO[C@]12C[C@@H](C3(c4cncc(Br)c4)N=NCS3)CN(C)[C@@H]1Cc1cn(C)c3cccc2c13. The van der Waals surface area contributed by atoms with Crippen LogP contribution in [0.15, 0.2) is 57.6 Å². The molecule has 4 heterocycles. The number of likely N-dealkylation sites (tertiary alicyclic amines) is 1. The second-order valence-corrected chi connectivity index (χ2v) is 11.3. The van der Waals surface area contributed by atoms with Gasteiger partial charge in [-0.1, -0.05) is 23.9 Å². The Balaban J connectivity index is 1.52. The summed E-state index contributed by atoms with van der Waals surface area (Å²) in [6.07, 6.45) is 7.95. The van der Waals surface area contributed by atoms with E-state index in [4.69, 9.17) is 9.85 Å². The van der Waals surface area contributed by atoms with Gasteiger partial charge in [-0.3, -0.25) is 9.88 Å². The number of hydrogen-bond donors (Lipinski definition) is 0. The van der Waals surface area contributed by atoms with Crippen LogP contribution in [0.5, 0.6) is 0 Å². The van der Waals surface area contributed by atoms with Crippen LogP contribution in [0.2, 0.25) is 0 Å². The van der Waals surface area contributed by atoms with Gasteiger partial charge in [0.2, 0.25) is 0 Å². The molecular formula is C24H26BrN5OS. The monoisotopic (exact) mass is 511 g/mol. The first kappa shape index (κ1) is 20.8. The fraction of sp³-hybridized carbons (Fsp3) is 0.458. The van der Waals surface area contributed by atoms with E-state index in [-0.39, 0.29) is 12.0 Å². The number of rotatable bonds is 3. The van der Waals surface area contributed by atoms with E-state index in [1.165, 1.54) is 22.0 Å². The Morgan fingerprint density at radius 2 is 2.12 bits per heavy atom. The summed E-state index contributed by atoms with van der Waals surface area (Å²) >= 11 is 5.42. The molecule has 1 aromatic carbocycles. The maximum atomic E-state index is 6.55. The number of aromatic nitrogens is 2. The van der Waals surface area contributed by atoms with Gasteiger partial charge in [0.15, 0.2) is 4.87 Å². The predicted molar refractivity (Wildman–Crippen MR) is 131 cm³/mol. The van der Waals surface area contributed by atoms with Gasteiger partial charge in [-0.15, -0.1) is 0 Å². The van der Waals surface area contributed by atoms with Crippen LogP contribution >= 0.6 is 27.7 Å². The normalized spacial score (nSPS) is 31.9. The van der Waals surface area contributed by atoms with Gasteiger partial charge < -0.3 is 9.30 Å². The number of likely N-dealkylation sites (N-methyl/N-ethyl adjacent to an activating group) is 1. The third kappa shape index (κ3) is 2.76. The number of thioether (sulfide) groups is 1. The number of piperidine rings is 1. The lowest BCUT2D eigenvalue weighted by Crippen LogP contribution is -2.61. The first-order valence-corrected chi connectivity index (χ1v) is 12.7. The standard InChI is InChI=1S/C24H26BrN5OS/c1-29-12-15-7-21-23(31-3,19-5-4-6-20(29)22(15)19)9-17(13-30(21)2)24(28-27-14-32-24)16-8-18(25)11-26-10-16/h4-6,8,10-12,17,21H,7,9,13-14H2,1-3H3/t17-,21-,23+,24?/m1/s1. The second kappa shape index (κ2) is 7.38. The molecule has 1 fully saturated rings. The summed E-state index contributed by atoms with van der Waals surface area (Å²) in [6, 6.07) is 9.09. The zero-order chi connectivity index (χ0) is 22.1. The summed E-state index contributed by atoms with van der Waals surface area (Å²) in [7, 11) is 6.26. The summed E-state index contributed by atoms with van der Waals surface area (Å²) < 4.78 is 9.77. The third-order valence-electron chi connectivity index (χ3n) is 7.69. The molecule has 0 bridgehead atoms. The molecule has 1 saturated heterocycles. The number of fused-ring (bicyclic) bond motifs is 2. The van der Waals surface area contributed by atoms with Gasteiger partial charge in [0.1, 0.15) is 11.5 Å². The highest BCUT2D eigenvalue weighted by Gasteiger charge is 2.57. The van der Waals surface area contributed by atoms with Crippen molar-refractivity contribution in [3.8, 4) is 0 Å². The molecule has 0 amide bonds. The van der Waals surface area contributed by atoms with Crippen molar-refractivity contribution in [2.45, 2.75) is 29.4 Å². The number of ether oxygens (including phenoxy) is 1. The minimum atomic E-state index is -0.452. The van der Waals surface area contributed by atoms with Crippen LogP contribution < -0.4 is 0 Å². The minimum Gasteiger partial charge on any atom is -0.372 e. The highest BCUT2D eigenvalue weighted by atomic mass is 79.9. The fourth-order valence-electron chi connectivity index (χ4n) is 6.33. The largest absolute Gasteiger partial charge is 0.372 e. The van der Waals surface area contributed by atoms with Crippen molar-refractivity contribution in [1.82, 2.24) is 14.5 Å². The molecule has 2 aromatic heterocycles. The molecule has 0 saturated carbocycles. The van der Waals surface area contributed by atoms with Crippen molar-refractivity contribution < 1.29 is 4.74 Å². The molecule has 2 aliphatic heterocycles. The van der Waals surface area contributed by atoms with Crippen LogP contribution in [0, 0.1) is 5.92 Å². The third-order valence-corrected chi connectivity index (χ3v) is 9.46. The Morgan fingerprint density at radius 1 is 1.25 bits per heavy atom. The number of nitrogens with zero attached hydrogens (tertiary/aromatic N) is 5. The van der Waals surface area contributed by atoms with Gasteiger partial charge in [0.05, 0.1) is 0 Å². The molecule has 32 heavy (non-hydrogen) atoms. The van der Waals surface area contributed by atoms with Crippen molar-refractivity contribution in [2.24, 2.45) is 23.2 Å². The Morgan fingerprint density at radius 3 is 2.88 bits per heavy atom. The van der Waals surface area contributed by atoms with Crippen molar-refractivity contribution in [3.63, 3.8) is 0 Å². The molecule has 3 aliphatic rings. The van der Waals surface area contributed by atoms with Crippen molar-refractivity contribution >= 4 is 38.6 Å². The average Bonchev–Trinajstić information content (AvgIpc) is 3.42. The van der Waals surface area contributed by atoms with E-state index in [1.807, 2.05) is 31.3 Å². The molecule has 6 rings (SSSR count). The van der Waals surface area contributed by atoms with Crippen molar-refractivity contribution in [1.29, 1.82) is 0 Å². The van der Waals surface area contributed by atoms with Crippen LogP contribution in [-0.4, -0.2) is 47.1 Å². The van der Waals surface area contributed by atoms with E-state index in [2.05, 4.69) is 80.1 Å². The van der Waals surface area contributed by atoms with Gasteiger partial charge in [0.25, 0.3) is 0 Å². The summed E-state index contributed by atoms with van der Waals surface area (Å²) in [5.74, 6) is 0.908. The van der Waals surface area contributed by atoms with Gasteiger partial charge >= 0.3 is 0 Å². The number of methoxy groups -OCH3 is 1. The number of azo groups is 1. The van der Waals surface area contributed by atoms with Gasteiger partial charge in [-0.2, -0.15) is 10.2 Å². The van der Waals surface area contributed by atoms with Crippen LogP contribution in [0.3, 0.4) is 0 Å². The van der Waals surface area contributed by atoms with Crippen LogP contribution in [0.1, 0.15) is 23.1 Å². The summed E-state index contributed by atoms with van der Waals surface area (Å²) in [5.41, 5.74) is 4.72. The summed E-state index contributed by atoms with van der Waals surface area (Å²) in [5, 5.41) is 10.7. The second-order valence-electron chi connectivity index (χ2n) is 9.22. The fourth-order valence-corrected chi connectivity index (χ4v) is 7.79. The molecule has 8 heteroatoms. The molecule has 3 aromatic rings. The summed E-state index contributed by atoms with van der Waals surface area (Å²) in [4.78, 5) is 6.50.